The largest absolute Gasteiger partial charge is 0.496 e. The fourth-order valence-corrected chi connectivity index (χ4v) is 4.87. The summed E-state index contributed by atoms with van der Waals surface area (Å²) in [7, 11) is 0.354. The Morgan fingerprint density at radius 3 is 2.49 bits per heavy atom. The van der Waals surface area contributed by atoms with Crippen LogP contribution in [0.25, 0.3) is 11.1 Å². The van der Waals surface area contributed by atoms with Crippen LogP contribution in [0.15, 0.2) is 76.6 Å². The number of hydrogen-bond acceptors (Lipinski definition) is 5. The van der Waals surface area contributed by atoms with Gasteiger partial charge in [-0.3, -0.25) is 0 Å². The summed E-state index contributed by atoms with van der Waals surface area (Å²) in [5.74, 6) is 0.838. The van der Waals surface area contributed by atoms with Crippen molar-refractivity contribution in [2.45, 2.75) is 17.7 Å². The molecule has 3 aromatic rings. The molecule has 0 amide bonds. The molecule has 6 N–H and O–H groups in total. The highest BCUT2D eigenvalue weighted by molar-refractivity contribution is 7.83. The van der Waals surface area contributed by atoms with Gasteiger partial charge >= 0.3 is 0 Å². The van der Waals surface area contributed by atoms with Crippen molar-refractivity contribution in [1.29, 1.82) is 0 Å². The predicted octanol–water partition coefficient (Wildman–Crippen LogP) is 3.71. The van der Waals surface area contributed by atoms with E-state index in [0.717, 1.165) is 36.4 Å². The first-order chi connectivity index (χ1) is 17.0. The molecule has 9 heteroatoms. The molecule has 0 aromatic heterocycles. The lowest BCUT2D eigenvalue weighted by atomic mass is 10.0. The monoisotopic (exact) mass is 492 g/mol. The highest BCUT2D eigenvalue weighted by Crippen LogP contribution is 2.37. The van der Waals surface area contributed by atoms with Crippen LogP contribution in [0.3, 0.4) is 0 Å². The Morgan fingerprint density at radius 1 is 1.09 bits per heavy atom. The lowest BCUT2D eigenvalue weighted by Gasteiger charge is -2.14. The first-order valence-electron chi connectivity index (χ1n) is 11.7. The van der Waals surface area contributed by atoms with Crippen molar-refractivity contribution in [2.75, 3.05) is 44.3 Å². The molecule has 8 nitrogen and oxygen atoms in total. The molecular formula is C26H32N6O2S. The summed E-state index contributed by atoms with van der Waals surface area (Å²) >= 11 is 0. The van der Waals surface area contributed by atoms with E-state index in [1.165, 1.54) is 12.8 Å². The van der Waals surface area contributed by atoms with Gasteiger partial charge in [-0.15, -0.1) is 0 Å². The Hall–Kier alpha value is -3.40. The number of nitrogens with one attached hydrogen (secondary N) is 2. The fourth-order valence-electron chi connectivity index (χ4n) is 4.05. The van der Waals surface area contributed by atoms with Crippen LogP contribution in [0.2, 0.25) is 0 Å². The first-order valence-corrected chi connectivity index (χ1v) is 12.8. The van der Waals surface area contributed by atoms with Gasteiger partial charge in [0.15, 0.2) is 5.96 Å². The normalized spacial score (nSPS) is 15.2. The van der Waals surface area contributed by atoms with Gasteiger partial charge < -0.3 is 26.4 Å². The van der Waals surface area contributed by atoms with Crippen LogP contribution in [-0.4, -0.2) is 48.4 Å². The number of benzene rings is 3. The molecule has 1 atom stereocenters. The number of nitrogens with zero attached hydrogens (tertiary/aromatic N) is 2. The molecule has 1 unspecified atom stereocenters. The minimum absolute atomic E-state index is 0.184. The third-order valence-corrected chi connectivity index (χ3v) is 7.04. The smallest absolute Gasteiger partial charge is 0.198 e. The van der Waals surface area contributed by atoms with Crippen molar-refractivity contribution in [2.24, 2.45) is 10.7 Å². The molecule has 0 aliphatic carbocycles. The molecule has 0 bridgehead atoms. The van der Waals surface area contributed by atoms with E-state index in [1.54, 1.807) is 25.3 Å². The highest BCUT2D eigenvalue weighted by Gasteiger charge is 2.12. The van der Waals surface area contributed by atoms with Gasteiger partial charge in [0.05, 0.1) is 23.4 Å². The Morgan fingerprint density at radius 2 is 1.80 bits per heavy atom. The van der Waals surface area contributed by atoms with Crippen molar-refractivity contribution in [1.82, 2.24) is 9.62 Å². The molecule has 0 saturated carbocycles. The van der Waals surface area contributed by atoms with Crippen LogP contribution in [0, 0.1) is 0 Å². The van der Waals surface area contributed by atoms with Gasteiger partial charge in [0.25, 0.3) is 0 Å². The molecule has 0 radical (unpaired) electrons. The Bertz CT molecular complexity index is 1180. The van der Waals surface area contributed by atoms with E-state index in [-0.39, 0.29) is 5.96 Å². The average Bonchev–Trinajstić information content (AvgIpc) is 3.39. The zero-order chi connectivity index (χ0) is 24.6. The average molecular weight is 493 g/mol. The summed E-state index contributed by atoms with van der Waals surface area (Å²) in [5.41, 5.74) is 16.0. The Labute approximate surface area is 209 Å². The predicted molar refractivity (Wildman–Crippen MR) is 144 cm³/mol. The van der Waals surface area contributed by atoms with E-state index in [4.69, 9.17) is 16.2 Å². The zero-order valence-electron chi connectivity index (χ0n) is 19.9. The summed E-state index contributed by atoms with van der Waals surface area (Å²) < 4.78 is 21.2. The van der Waals surface area contributed by atoms with Gasteiger partial charge in [0.2, 0.25) is 0 Å². The van der Waals surface area contributed by atoms with E-state index in [1.807, 2.05) is 48.5 Å². The summed E-state index contributed by atoms with van der Waals surface area (Å²) in [6.07, 6.45) is 2.51. The van der Waals surface area contributed by atoms with Gasteiger partial charge in [-0.1, -0.05) is 30.3 Å². The molecule has 4 rings (SSSR count). The molecule has 1 fully saturated rings. The summed E-state index contributed by atoms with van der Waals surface area (Å²) in [5, 5.41) is 3.05. The van der Waals surface area contributed by atoms with Crippen molar-refractivity contribution in [3.63, 3.8) is 0 Å². The number of hydrogen-bond donors (Lipinski definition) is 4. The number of guanidine groups is 1. The van der Waals surface area contributed by atoms with Crippen molar-refractivity contribution >= 4 is 34.0 Å². The number of nitrogens with two attached hydrogens (primary N) is 2. The van der Waals surface area contributed by atoms with E-state index in [0.29, 0.717) is 28.6 Å². The number of nitrogen functional groups attached to an aromatic ring is 1. The van der Waals surface area contributed by atoms with E-state index >= 15 is 0 Å². The van der Waals surface area contributed by atoms with Gasteiger partial charge in [0.1, 0.15) is 16.7 Å². The molecule has 184 valence electrons. The van der Waals surface area contributed by atoms with Gasteiger partial charge in [-0.2, -0.15) is 0 Å². The quantitative estimate of drug-likeness (QED) is 0.205. The van der Waals surface area contributed by atoms with Crippen molar-refractivity contribution < 1.29 is 8.95 Å². The summed E-state index contributed by atoms with van der Waals surface area (Å²) in [6.45, 7) is 3.87. The first kappa shape index (κ1) is 24.7. The molecular weight excluding hydrogens is 460 g/mol. The SMILES string of the molecule is COc1cc(N=C(N)Nc2ccc(S(=O)NCCN3CCCC3)cc2)c(N)cc1-c1ccccc1. The van der Waals surface area contributed by atoms with Crippen LogP contribution in [0.4, 0.5) is 17.1 Å². The van der Waals surface area contributed by atoms with Crippen molar-refractivity contribution in [3.05, 3.63) is 66.7 Å². The Kier molecular flexibility index (Phi) is 8.36. The molecule has 1 aliphatic heterocycles. The van der Waals surface area contributed by atoms with Crippen LogP contribution >= 0.6 is 0 Å². The van der Waals surface area contributed by atoms with E-state index < -0.39 is 11.0 Å². The maximum absolute atomic E-state index is 12.5. The van der Waals surface area contributed by atoms with Crippen LogP contribution < -0.4 is 26.2 Å². The van der Waals surface area contributed by atoms with E-state index in [2.05, 4.69) is 19.9 Å². The highest BCUT2D eigenvalue weighted by atomic mass is 32.2. The Balaban J connectivity index is 1.39. The number of rotatable bonds is 9. The molecule has 1 saturated heterocycles. The third kappa shape index (κ3) is 6.60. The minimum Gasteiger partial charge on any atom is -0.496 e. The topological polar surface area (TPSA) is 118 Å². The third-order valence-electron chi connectivity index (χ3n) is 5.88. The molecule has 0 spiro atoms. The molecule has 35 heavy (non-hydrogen) atoms. The van der Waals surface area contributed by atoms with Gasteiger partial charge in [0, 0.05) is 30.4 Å². The standard InChI is InChI=1S/C26H32N6O2S/c1-34-25-18-24(23(27)17-22(25)19-7-3-2-4-8-19)31-26(28)30-20-9-11-21(12-10-20)35(33)29-13-16-32-14-5-6-15-32/h2-4,7-12,17-18,29H,5-6,13-16,27H2,1H3,(H3,28,30,31). The van der Waals surface area contributed by atoms with Crippen LogP contribution in [-0.2, 0) is 11.0 Å². The second kappa shape index (κ2) is 11.8. The summed E-state index contributed by atoms with van der Waals surface area (Å²) in [6, 6.07) is 20.7. The fraction of sp³-hybridized carbons (Fsp3) is 0.269. The van der Waals surface area contributed by atoms with Crippen molar-refractivity contribution in [3.8, 4) is 16.9 Å². The number of anilines is 2. The molecule has 3 aromatic carbocycles. The van der Waals surface area contributed by atoms with Crippen LogP contribution in [0.5, 0.6) is 5.75 Å². The summed E-state index contributed by atoms with van der Waals surface area (Å²) in [4.78, 5) is 7.53. The second-order valence-corrected chi connectivity index (χ2v) is 9.63. The minimum atomic E-state index is -1.26. The van der Waals surface area contributed by atoms with Gasteiger partial charge in [-0.25, -0.2) is 13.9 Å². The number of methoxy groups -OCH3 is 1. The van der Waals surface area contributed by atoms with Gasteiger partial charge in [-0.05, 0) is 61.8 Å². The number of aliphatic imine (C=N–C) groups is 1. The van der Waals surface area contributed by atoms with Crippen LogP contribution in [0.1, 0.15) is 12.8 Å². The zero-order valence-corrected chi connectivity index (χ0v) is 20.7. The molecule has 1 aliphatic rings. The maximum Gasteiger partial charge on any atom is 0.198 e. The lowest BCUT2D eigenvalue weighted by Crippen LogP contribution is -2.30. The number of ether oxygens (including phenoxy) is 1. The van der Waals surface area contributed by atoms with E-state index in [9.17, 15) is 4.21 Å². The second-order valence-electron chi connectivity index (χ2n) is 8.34. The molecule has 1 heterocycles. The lowest BCUT2D eigenvalue weighted by molar-refractivity contribution is 0.345. The maximum atomic E-state index is 12.5. The number of likely N-dealkylation sites (tertiary alicyclic amines) is 1.